The van der Waals surface area contributed by atoms with E-state index in [1.165, 1.54) is 6.26 Å². The highest BCUT2D eigenvalue weighted by molar-refractivity contribution is 6.64. The van der Waals surface area contributed by atoms with Crippen molar-refractivity contribution in [1.29, 1.82) is 0 Å². The summed E-state index contributed by atoms with van der Waals surface area (Å²) in [4.78, 5) is 12.0. The maximum absolute atomic E-state index is 15.3. The van der Waals surface area contributed by atoms with Crippen molar-refractivity contribution in [2.45, 2.75) is 58.8 Å². The number of carbonyl (C=O) groups excluding carboxylic acids is 1. The molecule has 0 atom stereocenters. The van der Waals surface area contributed by atoms with Crippen LogP contribution in [0.4, 0.5) is 10.1 Å². The second-order valence-electron chi connectivity index (χ2n) is 9.18. The fraction of sp³-hybridized carbons (Fsp3) is 0.400. The van der Waals surface area contributed by atoms with Gasteiger partial charge in [-0.1, -0.05) is 24.3 Å². The van der Waals surface area contributed by atoms with Gasteiger partial charge in [0.05, 0.1) is 35.9 Å². The molecule has 0 spiro atoms. The Hall–Kier alpha value is -2.84. The molecule has 0 saturated carbocycles. The Kier molecular flexibility index (Phi) is 6.25. The van der Waals surface area contributed by atoms with Crippen LogP contribution < -0.4 is 10.8 Å². The van der Waals surface area contributed by atoms with Crippen LogP contribution in [0.25, 0.3) is 11.0 Å². The SMILES string of the molecule is CCOC(=O)Cc1ccccc1NCc1cc(B2OC(C)(C)C(C)(C)O2)c2occc2c1F. The van der Waals surface area contributed by atoms with Crippen molar-refractivity contribution in [3.05, 3.63) is 59.6 Å². The normalized spacial score (nSPS) is 16.8. The molecule has 2 heterocycles. The van der Waals surface area contributed by atoms with E-state index >= 15 is 4.39 Å². The standard InChI is InChI=1S/C25H29BFNO5/c1-6-30-21(29)14-16-9-7-8-10-20(16)28-15-17-13-19(23-18(22(17)27)11-12-31-23)26-32-24(2,3)25(4,5)33-26/h7-13,28H,6,14-15H2,1-5H3. The number of hydrogen-bond acceptors (Lipinski definition) is 6. The minimum atomic E-state index is -0.681. The minimum Gasteiger partial charge on any atom is -0.466 e. The van der Waals surface area contributed by atoms with Gasteiger partial charge in [-0.05, 0) is 52.3 Å². The predicted molar refractivity (Wildman–Crippen MR) is 126 cm³/mol. The number of anilines is 1. The molecule has 33 heavy (non-hydrogen) atoms. The zero-order chi connectivity index (χ0) is 23.8. The predicted octanol–water partition coefficient (Wildman–Crippen LogP) is 4.59. The zero-order valence-corrected chi connectivity index (χ0v) is 19.7. The van der Waals surface area contributed by atoms with Crippen molar-refractivity contribution in [3.8, 4) is 0 Å². The summed E-state index contributed by atoms with van der Waals surface area (Å²) in [7, 11) is -0.681. The van der Waals surface area contributed by atoms with Crippen LogP contribution in [0.3, 0.4) is 0 Å². The molecule has 0 radical (unpaired) electrons. The van der Waals surface area contributed by atoms with Crippen LogP contribution in [-0.4, -0.2) is 30.9 Å². The summed E-state index contributed by atoms with van der Waals surface area (Å²) in [5, 5.41) is 3.64. The van der Waals surface area contributed by atoms with Crippen molar-refractivity contribution in [1.82, 2.24) is 0 Å². The summed E-state index contributed by atoms with van der Waals surface area (Å²) in [6.45, 7) is 10.2. The molecular formula is C25H29BFNO5. The third-order valence-corrected chi connectivity index (χ3v) is 6.41. The number of furan rings is 1. The quantitative estimate of drug-likeness (QED) is 0.417. The van der Waals surface area contributed by atoms with E-state index in [0.29, 0.717) is 28.6 Å². The number of hydrogen-bond donors (Lipinski definition) is 1. The molecule has 1 aliphatic heterocycles. The first-order valence-electron chi connectivity index (χ1n) is 11.1. The average molecular weight is 453 g/mol. The van der Waals surface area contributed by atoms with Gasteiger partial charge in [0.2, 0.25) is 0 Å². The maximum Gasteiger partial charge on any atom is 0.498 e. The topological polar surface area (TPSA) is 69.9 Å². The van der Waals surface area contributed by atoms with Crippen molar-refractivity contribution < 1.29 is 27.6 Å². The fourth-order valence-electron chi connectivity index (χ4n) is 3.87. The molecule has 1 N–H and O–H groups in total. The van der Waals surface area contributed by atoms with E-state index in [-0.39, 0.29) is 24.8 Å². The zero-order valence-electron chi connectivity index (χ0n) is 19.7. The molecule has 0 amide bonds. The number of fused-ring (bicyclic) bond motifs is 1. The van der Waals surface area contributed by atoms with Crippen LogP contribution >= 0.6 is 0 Å². The second-order valence-corrected chi connectivity index (χ2v) is 9.18. The second kappa shape index (κ2) is 8.84. The molecule has 1 aromatic heterocycles. The van der Waals surface area contributed by atoms with Crippen LogP contribution in [0.5, 0.6) is 0 Å². The van der Waals surface area contributed by atoms with Gasteiger partial charge in [0.25, 0.3) is 0 Å². The molecule has 3 aromatic rings. The molecule has 0 bridgehead atoms. The van der Waals surface area contributed by atoms with Crippen LogP contribution in [0, 0.1) is 5.82 Å². The minimum absolute atomic E-state index is 0.138. The molecule has 0 unspecified atom stereocenters. The largest absolute Gasteiger partial charge is 0.498 e. The van der Waals surface area contributed by atoms with Crippen molar-refractivity contribution in [2.24, 2.45) is 0 Å². The molecule has 174 valence electrons. The first kappa shape index (κ1) is 23.3. The Balaban J connectivity index is 1.63. The lowest BCUT2D eigenvalue weighted by Gasteiger charge is -2.32. The summed E-state index contributed by atoms with van der Waals surface area (Å²) in [6, 6.07) is 10.8. The van der Waals surface area contributed by atoms with E-state index < -0.39 is 18.3 Å². The summed E-state index contributed by atoms with van der Waals surface area (Å²) >= 11 is 0. The highest BCUT2D eigenvalue weighted by Gasteiger charge is 2.52. The van der Waals surface area contributed by atoms with Crippen molar-refractivity contribution >= 4 is 35.2 Å². The van der Waals surface area contributed by atoms with Crippen molar-refractivity contribution in [2.75, 3.05) is 11.9 Å². The highest BCUT2D eigenvalue weighted by Crippen LogP contribution is 2.37. The van der Waals surface area contributed by atoms with Gasteiger partial charge in [-0.25, -0.2) is 4.39 Å². The molecule has 1 fully saturated rings. The molecule has 1 saturated heterocycles. The van der Waals surface area contributed by atoms with Gasteiger partial charge in [0, 0.05) is 23.3 Å². The van der Waals surface area contributed by atoms with Crippen LogP contribution in [-0.2, 0) is 31.8 Å². The first-order chi connectivity index (χ1) is 15.6. The monoisotopic (exact) mass is 453 g/mol. The Morgan fingerprint density at radius 2 is 1.79 bits per heavy atom. The van der Waals surface area contributed by atoms with Crippen LogP contribution in [0.2, 0.25) is 0 Å². The Bertz CT molecular complexity index is 1160. The number of rotatable bonds is 7. The van der Waals surface area contributed by atoms with Gasteiger partial charge in [0.1, 0.15) is 11.4 Å². The van der Waals surface area contributed by atoms with Gasteiger partial charge in [-0.2, -0.15) is 0 Å². The number of esters is 1. The van der Waals surface area contributed by atoms with Crippen LogP contribution in [0.15, 0.2) is 47.1 Å². The Labute approximate surface area is 193 Å². The van der Waals surface area contributed by atoms with Crippen LogP contribution in [0.1, 0.15) is 45.7 Å². The van der Waals surface area contributed by atoms with E-state index in [2.05, 4.69) is 5.32 Å². The van der Waals surface area contributed by atoms with Gasteiger partial charge >= 0.3 is 13.1 Å². The number of para-hydroxylation sites is 1. The molecule has 0 aliphatic carbocycles. The molecule has 4 rings (SSSR count). The summed E-state index contributed by atoms with van der Waals surface area (Å²) in [5.41, 5.74) is 1.97. The summed E-state index contributed by atoms with van der Waals surface area (Å²) in [6.07, 6.45) is 1.60. The van der Waals surface area contributed by atoms with E-state index in [0.717, 1.165) is 11.3 Å². The van der Waals surface area contributed by atoms with Gasteiger partial charge < -0.3 is 23.8 Å². The third kappa shape index (κ3) is 4.50. The lowest BCUT2D eigenvalue weighted by atomic mass is 9.77. The maximum atomic E-state index is 15.3. The molecule has 2 aromatic carbocycles. The first-order valence-corrected chi connectivity index (χ1v) is 11.1. The lowest BCUT2D eigenvalue weighted by molar-refractivity contribution is -0.142. The number of halogens is 1. The number of carbonyl (C=O) groups is 1. The number of nitrogens with one attached hydrogen (secondary N) is 1. The number of benzene rings is 2. The summed E-state index contributed by atoms with van der Waals surface area (Å²) < 4.78 is 38.4. The Morgan fingerprint density at radius 1 is 1.09 bits per heavy atom. The lowest BCUT2D eigenvalue weighted by Crippen LogP contribution is -2.41. The molecule has 1 aliphatic rings. The molecular weight excluding hydrogens is 424 g/mol. The van der Waals surface area contributed by atoms with Gasteiger partial charge in [-0.15, -0.1) is 0 Å². The van der Waals surface area contributed by atoms with Crippen molar-refractivity contribution in [3.63, 3.8) is 0 Å². The summed E-state index contributed by atoms with van der Waals surface area (Å²) in [5.74, 6) is -0.671. The van der Waals surface area contributed by atoms with E-state index in [9.17, 15) is 4.79 Å². The fourth-order valence-corrected chi connectivity index (χ4v) is 3.87. The third-order valence-electron chi connectivity index (χ3n) is 6.41. The molecule has 6 nitrogen and oxygen atoms in total. The van der Waals surface area contributed by atoms with Gasteiger partial charge in [0.15, 0.2) is 0 Å². The average Bonchev–Trinajstić information content (AvgIpc) is 3.31. The van der Waals surface area contributed by atoms with Gasteiger partial charge in [-0.3, -0.25) is 4.79 Å². The van der Waals surface area contributed by atoms with E-state index in [1.54, 1.807) is 19.1 Å². The van der Waals surface area contributed by atoms with E-state index in [1.807, 2.05) is 52.0 Å². The number of ether oxygens (including phenoxy) is 1. The van der Waals surface area contributed by atoms with E-state index in [4.69, 9.17) is 18.5 Å². The highest BCUT2D eigenvalue weighted by atomic mass is 19.1. The smallest absolute Gasteiger partial charge is 0.466 e. The Morgan fingerprint density at radius 3 is 2.48 bits per heavy atom. The molecule has 8 heteroatoms.